The van der Waals surface area contributed by atoms with Crippen molar-refractivity contribution in [3.05, 3.63) is 54.1 Å². The maximum atomic E-state index is 10.8. The Kier molecular flexibility index (Phi) is 4.51. The predicted octanol–water partition coefficient (Wildman–Crippen LogP) is 2.59. The summed E-state index contributed by atoms with van der Waals surface area (Å²) in [4.78, 5) is 21.1. The van der Waals surface area contributed by atoms with E-state index in [1.807, 2.05) is 36.4 Å². The Balaban J connectivity index is 2.54. The van der Waals surface area contributed by atoms with Crippen LogP contribution < -0.4 is 0 Å². The summed E-state index contributed by atoms with van der Waals surface area (Å²) in [5.41, 5.74) is 1.02. The quantitative estimate of drug-likeness (QED) is 0.338. The van der Waals surface area contributed by atoms with Crippen molar-refractivity contribution in [2.45, 2.75) is 0 Å². The first-order valence-corrected chi connectivity index (χ1v) is 4.71. The summed E-state index contributed by atoms with van der Waals surface area (Å²) in [5, 5.41) is -0.973. The topological polar surface area (TPSA) is 34.1 Å². The van der Waals surface area contributed by atoms with Gasteiger partial charge in [0.05, 0.1) is 0 Å². The van der Waals surface area contributed by atoms with Crippen molar-refractivity contribution >= 4 is 28.7 Å². The van der Waals surface area contributed by atoms with Gasteiger partial charge in [0.15, 0.2) is 0 Å². The molecule has 0 atom stereocenters. The van der Waals surface area contributed by atoms with Crippen molar-refractivity contribution in [1.29, 1.82) is 0 Å². The summed E-state index contributed by atoms with van der Waals surface area (Å²) in [7, 11) is 0. The SMILES string of the molecule is O=C(Cl)C(=O)C=CC=Cc1ccccc1. The largest absolute Gasteiger partial charge is 0.292 e. The molecule has 0 bridgehead atoms. The molecule has 15 heavy (non-hydrogen) atoms. The number of hydrogen-bond donors (Lipinski definition) is 0. The molecule has 0 aliphatic carbocycles. The molecule has 0 aliphatic heterocycles. The van der Waals surface area contributed by atoms with Crippen molar-refractivity contribution in [3.63, 3.8) is 0 Å². The van der Waals surface area contributed by atoms with Crippen LogP contribution in [0.1, 0.15) is 5.56 Å². The number of halogens is 1. The molecule has 0 fully saturated rings. The minimum absolute atomic E-state index is 0.714. The number of hydrogen-bond acceptors (Lipinski definition) is 2. The van der Waals surface area contributed by atoms with Gasteiger partial charge in [-0.15, -0.1) is 0 Å². The fraction of sp³-hybridized carbons (Fsp3) is 0. The van der Waals surface area contributed by atoms with Gasteiger partial charge < -0.3 is 0 Å². The summed E-state index contributed by atoms with van der Waals surface area (Å²) < 4.78 is 0. The average Bonchev–Trinajstić information content (AvgIpc) is 2.25. The molecule has 0 saturated heterocycles. The molecule has 0 amide bonds. The lowest BCUT2D eigenvalue weighted by molar-refractivity contribution is -0.129. The zero-order valence-corrected chi connectivity index (χ0v) is 8.65. The maximum Gasteiger partial charge on any atom is 0.292 e. The Morgan fingerprint density at radius 2 is 1.73 bits per heavy atom. The Morgan fingerprint density at radius 3 is 2.33 bits per heavy atom. The molecule has 0 saturated carbocycles. The molecule has 0 spiro atoms. The molecule has 3 heteroatoms. The van der Waals surface area contributed by atoms with Crippen molar-refractivity contribution in [2.75, 3.05) is 0 Å². The van der Waals surface area contributed by atoms with Gasteiger partial charge in [-0.1, -0.05) is 48.6 Å². The zero-order chi connectivity index (χ0) is 11.1. The highest BCUT2D eigenvalue weighted by molar-refractivity contribution is 6.82. The summed E-state index contributed by atoms with van der Waals surface area (Å²) in [6, 6.07) is 9.61. The van der Waals surface area contributed by atoms with Gasteiger partial charge in [-0.25, -0.2) is 0 Å². The molecule has 76 valence electrons. The van der Waals surface area contributed by atoms with Crippen LogP contribution in [0.5, 0.6) is 0 Å². The lowest BCUT2D eigenvalue weighted by Gasteiger charge is -1.88. The predicted molar refractivity (Wildman–Crippen MR) is 60.5 cm³/mol. The van der Waals surface area contributed by atoms with Crippen LogP contribution in [0, 0.1) is 0 Å². The first kappa shape index (κ1) is 11.4. The first-order valence-electron chi connectivity index (χ1n) is 4.34. The molecule has 2 nitrogen and oxygen atoms in total. The zero-order valence-electron chi connectivity index (χ0n) is 7.89. The molecule has 1 aromatic rings. The molecule has 0 aromatic heterocycles. The van der Waals surface area contributed by atoms with Crippen molar-refractivity contribution in [2.24, 2.45) is 0 Å². The lowest BCUT2D eigenvalue weighted by atomic mass is 10.2. The average molecular weight is 221 g/mol. The fourth-order valence-corrected chi connectivity index (χ4v) is 1.00. The van der Waals surface area contributed by atoms with E-state index in [0.717, 1.165) is 11.6 Å². The third-order valence-electron chi connectivity index (χ3n) is 1.64. The third kappa shape index (κ3) is 4.38. The number of carbonyl (C=O) groups excluding carboxylic acids is 2. The van der Waals surface area contributed by atoms with Crippen LogP contribution in [0.4, 0.5) is 0 Å². The van der Waals surface area contributed by atoms with Crippen LogP contribution >= 0.6 is 11.6 Å². The molecular formula is C12H9ClO2. The van der Waals surface area contributed by atoms with Gasteiger partial charge in [-0.2, -0.15) is 0 Å². The monoisotopic (exact) mass is 220 g/mol. The van der Waals surface area contributed by atoms with Crippen LogP contribution in [0.25, 0.3) is 6.08 Å². The van der Waals surface area contributed by atoms with E-state index in [4.69, 9.17) is 11.6 Å². The Bertz CT molecular complexity index is 405. The number of ketones is 1. The molecule has 0 aliphatic rings. The van der Waals surface area contributed by atoms with E-state index in [9.17, 15) is 9.59 Å². The van der Waals surface area contributed by atoms with E-state index in [1.165, 1.54) is 6.08 Å². The number of carbonyl (C=O) groups is 2. The van der Waals surface area contributed by atoms with Crippen LogP contribution in [-0.2, 0) is 9.59 Å². The molecule has 0 N–H and O–H groups in total. The first-order chi connectivity index (χ1) is 7.20. The summed E-state index contributed by atoms with van der Waals surface area (Å²) in [6.07, 6.45) is 6.11. The van der Waals surface area contributed by atoms with Crippen LogP contribution in [0.3, 0.4) is 0 Å². The molecule has 0 radical (unpaired) electrons. The van der Waals surface area contributed by atoms with E-state index < -0.39 is 11.0 Å². The highest BCUT2D eigenvalue weighted by atomic mass is 35.5. The van der Waals surface area contributed by atoms with E-state index in [0.29, 0.717) is 0 Å². The van der Waals surface area contributed by atoms with Gasteiger partial charge in [-0.05, 0) is 23.2 Å². The van der Waals surface area contributed by atoms with E-state index in [-0.39, 0.29) is 0 Å². The Hall–Kier alpha value is -1.67. The Morgan fingerprint density at radius 1 is 1.07 bits per heavy atom. The number of rotatable bonds is 4. The minimum atomic E-state index is -0.973. The van der Waals surface area contributed by atoms with E-state index in [1.54, 1.807) is 6.08 Å². The van der Waals surface area contributed by atoms with Gasteiger partial charge in [0.25, 0.3) is 5.24 Å². The summed E-state index contributed by atoms with van der Waals surface area (Å²) in [5.74, 6) is -0.714. The molecule has 0 unspecified atom stereocenters. The second kappa shape index (κ2) is 5.94. The second-order valence-electron chi connectivity index (χ2n) is 2.77. The molecular weight excluding hydrogens is 212 g/mol. The van der Waals surface area contributed by atoms with E-state index in [2.05, 4.69) is 0 Å². The van der Waals surface area contributed by atoms with E-state index >= 15 is 0 Å². The number of benzene rings is 1. The van der Waals surface area contributed by atoms with Crippen molar-refractivity contribution in [1.82, 2.24) is 0 Å². The van der Waals surface area contributed by atoms with Gasteiger partial charge in [0, 0.05) is 0 Å². The normalized spacial score (nSPS) is 11.0. The standard InChI is InChI=1S/C12H9ClO2/c13-12(15)11(14)9-5-4-8-10-6-2-1-3-7-10/h1-9H. The minimum Gasteiger partial charge on any atom is -0.285 e. The highest BCUT2D eigenvalue weighted by Crippen LogP contribution is 2.00. The summed E-state index contributed by atoms with van der Waals surface area (Å²) >= 11 is 4.96. The van der Waals surface area contributed by atoms with Crippen LogP contribution in [0.15, 0.2) is 48.6 Å². The van der Waals surface area contributed by atoms with Crippen molar-refractivity contribution in [3.8, 4) is 0 Å². The smallest absolute Gasteiger partial charge is 0.285 e. The molecule has 1 aromatic carbocycles. The van der Waals surface area contributed by atoms with Gasteiger partial charge in [0.2, 0.25) is 5.78 Å². The Labute approximate surface area is 92.9 Å². The third-order valence-corrected chi connectivity index (χ3v) is 1.83. The molecule has 1 rings (SSSR count). The van der Waals surface area contributed by atoms with Crippen LogP contribution in [-0.4, -0.2) is 11.0 Å². The fourth-order valence-electron chi connectivity index (χ4n) is 0.939. The van der Waals surface area contributed by atoms with Gasteiger partial charge >= 0.3 is 0 Å². The van der Waals surface area contributed by atoms with Gasteiger partial charge in [-0.3, -0.25) is 9.59 Å². The summed E-state index contributed by atoms with van der Waals surface area (Å²) in [6.45, 7) is 0. The van der Waals surface area contributed by atoms with Crippen LogP contribution in [0.2, 0.25) is 0 Å². The maximum absolute atomic E-state index is 10.8. The van der Waals surface area contributed by atoms with Gasteiger partial charge in [0.1, 0.15) is 0 Å². The number of allylic oxidation sites excluding steroid dienone is 3. The second-order valence-corrected chi connectivity index (χ2v) is 3.11. The highest BCUT2D eigenvalue weighted by Gasteiger charge is 2.02. The van der Waals surface area contributed by atoms with Crippen molar-refractivity contribution < 1.29 is 9.59 Å². The lowest BCUT2D eigenvalue weighted by Crippen LogP contribution is -2.01. The molecule has 0 heterocycles.